The van der Waals surface area contributed by atoms with Crippen LogP contribution < -0.4 is 17.0 Å². The number of aromatic nitrogens is 4. The van der Waals surface area contributed by atoms with Gasteiger partial charge < -0.3 is 35.2 Å². The van der Waals surface area contributed by atoms with Gasteiger partial charge in [-0.25, -0.2) is 9.37 Å². The minimum atomic E-state index is -1.52. The highest BCUT2D eigenvalue weighted by Crippen LogP contribution is 2.32. The third-order valence-corrected chi connectivity index (χ3v) is 9.98. The lowest BCUT2D eigenvalue weighted by molar-refractivity contribution is -0.168. The van der Waals surface area contributed by atoms with Gasteiger partial charge in [0.25, 0.3) is 5.56 Å². The number of nitrogen functional groups attached to an aromatic ring is 1. The average Bonchev–Trinajstić information content (AvgIpc) is 3.77. The maximum Gasteiger partial charge on any atom is 0.323 e. The third kappa shape index (κ3) is 17.5. The van der Waals surface area contributed by atoms with E-state index in [4.69, 9.17) is 35.2 Å². The van der Waals surface area contributed by atoms with Gasteiger partial charge in [0.15, 0.2) is 17.3 Å². The molecule has 322 valence electrons. The Morgan fingerprint density at radius 2 is 1.42 bits per heavy atom. The highest BCUT2D eigenvalue weighted by atomic mass is 19.1. The van der Waals surface area contributed by atoms with E-state index < -0.39 is 86.1 Å². The minimum absolute atomic E-state index is 0.0121. The predicted molar refractivity (Wildman–Crippen MR) is 210 cm³/mol. The van der Waals surface area contributed by atoms with Crippen LogP contribution in [0.2, 0.25) is 0 Å². The number of ether oxygens (including phenoxy) is 5. The number of rotatable bonds is 29. The van der Waals surface area contributed by atoms with Crippen LogP contribution in [-0.4, -0.2) is 87.6 Å². The van der Waals surface area contributed by atoms with Crippen LogP contribution in [0.15, 0.2) is 11.1 Å². The first-order chi connectivity index (χ1) is 27.4. The number of hydrogen-bond acceptors (Lipinski definition) is 14. The van der Waals surface area contributed by atoms with Crippen LogP contribution in [-0.2, 0) is 42.9 Å². The zero-order valence-electron chi connectivity index (χ0n) is 34.1. The summed E-state index contributed by atoms with van der Waals surface area (Å²) in [6, 6.07) is -0.897. The number of anilines is 1. The molecule has 5 N–H and O–H groups in total. The predicted octanol–water partition coefficient (Wildman–Crippen LogP) is 5.89. The molecule has 1 unspecified atom stereocenters. The molecule has 0 saturated carbocycles. The Bertz CT molecular complexity index is 1590. The van der Waals surface area contributed by atoms with Crippen molar-refractivity contribution in [2.24, 2.45) is 11.7 Å². The van der Waals surface area contributed by atoms with Crippen molar-refractivity contribution in [2.75, 3.05) is 25.6 Å². The van der Waals surface area contributed by atoms with Crippen LogP contribution in [0.25, 0.3) is 11.2 Å². The van der Waals surface area contributed by atoms with Gasteiger partial charge in [-0.1, -0.05) is 111 Å². The van der Waals surface area contributed by atoms with Crippen molar-refractivity contribution in [1.29, 1.82) is 0 Å². The van der Waals surface area contributed by atoms with Crippen LogP contribution in [0.1, 0.15) is 149 Å². The lowest BCUT2D eigenvalue weighted by atomic mass is 10.0. The number of halogens is 1. The fourth-order valence-corrected chi connectivity index (χ4v) is 6.42. The zero-order chi connectivity index (χ0) is 41.6. The lowest BCUT2D eigenvalue weighted by Crippen LogP contribution is -2.39. The van der Waals surface area contributed by atoms with E-state index in [1.165, 1.54) is 81.5 Å². The van der Waals surface area contributed by atoms with Crippen molar-refractivity contribution in [3.8, 4) is 0 Å². The van der Waals surface area contributed by atoms with Gasteiger partial charge in [-0.15, -0.1) is 0 Å². The van der Waals surface area contributed by atoms with Crippen molar-refractivity contribution in [2.45, 2.75) is 173 Å². The van der Waals surface area contributed by atoms with Crippen LogP contribution in [0.3, 0.4) is 0 Å². The molecule has 0 aliphatic carbocycles. The summed E-state index contributed by atoms with van der Waals surface area (Å²) in [7, 11) is 0. The second kappa shape index (κ2) is 26.0. The van der Waals surface area contributed by atoms with Crippen molar-refractivity contribution < 1.29 is 47.3 Å². The van der Waals surface area contributed by atoms with E-state index >= 15 is 0 Å². The van der Waals surface area contributed by atoms with E-state index in [1.807, 2.05) is 0 Å². The molecule has 1 aliphatic heterocycles. The first kappa shape index (κ1) is 47.3. The molecular weight excluding hydrogens is 743 g/mol. The number of unbranched alkanes of at least 4 members (excludes halogenated alkanes) is 14. The number of carbonyl (C=O) groups excluding carboxylic acids is 4. The molecule has 1 aliphatic rings. The van der Waals surface area contributed by atoms with Gasteiger partial charge in [0.2, 0.25) is 5.95 Å². The first-order valence-electron chi connectivity index (χ1n) is 20.8. The molecule has 0 spiro atoms. The Hall–Kier alpha value is -4.12. The van der Waals surface area contributed by atoms with E-state index in [2.05, 4.69) is 21.9 Å². The largest absolute Gasteiger partial charge is 0.463 e. The molecule has 17 heteroatoms. The number of imidazole rings is 1. The quantitative estimate of drug-likeness (QED) is 0.0494. The fraction of sp³-hybridized carbons (Fsp3) is 0.775. The minimum Gasteiger partial charge on any atom is -0.463 e. The Balaban J connectivity index is 1.33. The molecule has 0 bridgehead atoms. The summed E-state index contributed by atoms with van der Waals surface area (Å²) in [6.07, 6.45) is 14.1. The highest BCUT2D eigenvalue weighted by molar-refractivity contribution is 5.78. The van der Waals surface area contributed by atoms with Crippen LogP contribution in [0.5, 0.6) is 0 Å². The van der Waals surface area contributed by atoms with Crippen LogP contribution in [0, 0.1) is 5.92 Å². The number of carbonyl (C=O) groups is 4. The topological polar surface area (TPSA) is 230 Å². The summed E-state index contributed by atoms with van der Waals surface area (Å²) in [6.45, 7) is 4.57. The van der Waals surface area contributed by atoms with Gasteiger partial charge in [0.05, 0.1) is 19.2 Å². The molecule has 0 aromatic carbocycles. The number of fused-ring (bicyclic) bond motifs is 1. The second-order valence-electron chi connectivity index (χ2n) is 15.2. The molecule has 1 fully saturated rings. The van der Waals surface area contributed by atoms with Crippen molar-refractivity contribution in [3.05, 3.63) is 16.7 Å². The first-order valence-corrected chi connectivity index (χ1v) is 20.8. The van der Waals surface area contributed by atoms with Gasteiger partial charge in [0.1, 0.15) is 44.4 Å². The van der Waals surface area contributed by atoms with Gasteiger partial charge in [-0.3, -0.25) is 33.5 Å². The molecule has 0 radical (unpaired) electrons. The molecule has 0 amide bonds. The molecular formula is C40H65FN6O10. The Morgan fingerprint density at radius 3 is 2.04 bits per heavy atom. The smallest absolute Gasteiger partial charge is 0.323 e. The Kier molecular flexibility index (Phi) is 21.6. The third-order valence-electron chi connectivity index (χ3n) is 9.98. The molecule has 5 atom stereocenters. The number of alkyl halides is 1. The maximum absolute atomic E-state index is 14.8. The number of hydrogen-bond donors (Lipinski definition) is 3. The standard InChI is InChI=1S/C40H65FN6O10/c1-4-5-6-7-8-9-10-11-12-13-14-15-16-17-18-19-32(48)53-23-28(24-55-39(52)35(42)27(2)3)56-34(50)21-20-33(49)54-25-30-29(41)22-31(57-30)47-26-44-36-37(47)45-40(43)46-38(36)51/h26-31,35H,4-25,42H2,1-3H3,(H3,43,45,46,51)/t28?,29-,30+,31+,35-/m0/s1. The highest BCUT2D eigenvalue weighted by Gasteiger charge is 2.38. The monoisotopic (exact) mass is 808 g/mol. The summed E-state index contributed by atoms with van der Waals surface area (Å²) in [5, 5.41) is 0. The molecule has 1 saturated heterocycles. The van der Waals surface area contributed by atoms with Crippen molar-refractivity contribution in [3.63, 3.8) is 0 Å². The normalized spacial score (nSPS) is 17.8. The molecule has 57 heavy (non-hydrogen) atoms. The summed E-state index contributed by atoms with van der Waals surface area (Å²) in [4.78, 5) is 72.5. The van der Waals surface area contributed by atoms with E-state index in [1.54, 1.807) is 13.8 Å². The molecule has 2 aromatic heterocycles. The number of nitrogens with two attached hydrogens (primary N) is 2. The van der Waals surface area contributed by atoms with E-state index in [0.29, 0.717) is 6.42 Å². The van der Waals surface area contributed by atoms with Crippen LogP contribution >= 0.6 is 0 Å². The van der Waals surface area contributed by atoms with Crippen LogP contribution in [0.4, 0.5) is 10.3 Å². The van der Waals surface area contributed by atoms with Crippen molar-refractivity contribution >= 4 is 41.0 Å². The van der Waals surface area contributed by atoms with Gasteiger partial charge >= 0.3 is 23.9 Å². The van der Waals surface area contributed by atoms with Gasteiger partial charge in [0, 0.05) is 12.8 Å². The maximum atomic E-state index is 14.8. The van der Waals surface area contributed by atoms with Crippen molar-refractivity contribution in [1.82, 2.24) is 19.5 Å². The summed E-state index contributed by atoms with van der Waals surface area (Å²) in [5.74, 6) is -3.12. The zero-order valence-corrected chi connectivity index (χ0v) is 34.1. The van der Waals surface area contributed by atoms with Gasteiger partial charge in [-0.05, 0) is 12.3 Å². The molecule has 16 nitrogen and oxygen atoms in total. The van der Waals surface area contributed by atoms with E-state index in [-0.39, 0.29) is 42.5 Å². The number of aromatic amines is 1. The lowest BCUT2D eigenvalue weighted by Gasteiger charge is -2.20. The summed E-state index contributed by atoms with van der Waals surface area (Å²) in [5.41, 5.74) is 11.1. The van der Waals surface area contributed by atoms with Gasteiger partial charge in [-0.2, -0.15) is 4.98 Å². The summed E-state index contributed by atoms with van der Waals surface area (Å²) >= 11 is 0. The average molecular weight is 809 g/mol. The second-order valence-corrected chi connectivity index (χ2v) is 15.2. The Labute approximate surface area is 334 Å². The molecule has 3 heterocycles. The fourth-order valence-electron chi connectivity index (χ4n) is 6.42. The molecule has 2 aromatic rings. The number of nitrogens with one attached hydrogen (secondary N) is 1. The number of esters is 4. The van der Waals surface area contributed by atoms with E-state index in [0.717, 1.165) is 19.3 Å². The summed E-state index contributed by atoms with van der Waals surface area (Å²) < 4.78 is 43.1. The number of H-pyrrole nitrogens is 1. The van der Waals surface area contributed by atoms with E-state index in [9.17, 15) is 28.4 Å². The Morgan fingerprint density at radius 1 is 0.860 bits per heavy atom. The number of nitrogens with zero attached hydrogens (tertiary/aromatic N) is 3. The molecule has 3 rings (SSSR count). The SMILES string of the molecule is CCCCCCCCCCCCCCCCCC(=O)OCC(COC(=O)[C@@H](N)C(C)C)OC(=O)CCC(=O)OC[C@H]1O[C@@H](n2cnc3c(=O)[nH]c(N)nc32)C[C@@H]1F.